The summed E-state index contributed by atoms with van der Waals surface area (Å²) < 4.78 is 0. The van der Waals surface area contributed by atoms with Gasteiger partial charge in [-0.25, -0.2) is 4.98 Å². The third-order valence-electron chi connectivity index (χ3n) is 2.39. The summed E-state index contributed by atoms with van der Waals surface area (Å²) in [5.74, 6) is 0. The number of thiazole rings is 1. The van der Waals surface area contributed by atoms with Crippen LogP contribution in [0, 0.1) is 6.92 Å². The third-order valence-corrected chi connectivity index (χ3v) is 3.37. The number of hydrogen-bond acceptors (Lipinski definition) is 3. The zero-order chi connectivity index (χ0) is 10.7. The van der Waals surface area contributed by atoms with E-state index in [0.717, 1.165) is 12.1 Å². The van der Waals surface area contributed by atoms with Gasteiger partial charge >= 0.3 is 0 Å². The maximum absolute atomic E-state index is 5.51. The van der Waals surface area contributed by atoms with Gasteiger partial charge in [0.2, 0.25) is 0 Å². The third kappa shape index (κ3) is 2.82. The zero-order valence-electron chi connectivity index (χ0n) is 9.14. The average Bonchev–Trinajstić information content (AvgIpc) is 2.66. The van der Waals surface area contributed by atoms with Gasteiger partial charge in [0.15, 0.2) is 0 Å². The zero-order valence-corrected chi connectivity index (χ0v) is 10.8. The predicted octanol–water partition coefficient (Wildman–Crippen LogP) is 3.04. The van der Waals surface area contributed by atoms with Crippen molar-refractivity contribution in [2.75, 3.05) is 6.54 Å². The van der Waals surface area contributed by atoms with Gasteiger partial charge in [0.25, 0.3) is 0 Å². The molecular formula is C12H15ClN2S. The topological polar surface area (TPSA) is 38.9 Å². The smallest absolute Gasteiger partial charge is 0.0801 e. The molecule has 2 N–H and O–H groups in total. The van der Waals surface area contributed by atoms with Crippen LogP contribution in [-0.4, -0.2) is 11.5 Å². The van der Waals surface area contributed by atoms with Crippen molar-refractivity contribution in [3.63, 3.8) is 0 Å². The Bertz CT molecular complexity index is 437. The van der Waals surface area contributed by atoms with Gasteiger partial charge in [-0.3, -0.25) is 0 Å². The molecule has 16 heavy (non-hydrogen) atoms. The van der Waals surface area contributed by atoms with Crippen LogP contribution in [0.15, 0.2) is 29.8 Å². The molecule has 0 saturated heterocycles. The standard InChI is InChI=1S/C12H14N2S.ClH/c1-9-12(15-8-14-9)11-4-2-10(3-5-11)6-7-13;/h2-5,8H,6-7,13H2,1H3;1H. The summed E-state index contributed by atoms with van der Waals surface area (Å²) >= 11 is 1.69. The van der Waals surface area contributed by atoms with Crippen LogP contribution < -0.4 is 5.73 Å². The molecule has 1 heterocycles. The summed E-state index contributed by atoms with van der Waals surface area (Å²) in [7, 11) is 0. The molecule has 0 spiro atoms. The Balaban J connectivity index is 0.00000128. The summed E-state index contributed by atoms with van der Waals surface area (Å²) in [5, 5.41) is 0. The summed E-state index contributed by atoms with van der Waals surface area (Å²) in [5.41, 5.74) is 11.0. The van der Waals surface area contributed by atoms with Gasteiger partial charge in [0.05, 0.1) is 16.1 Å². The number of halogens is 1. The number of aryl methyl sites for hydroxylation is 1. The molecule has 4 heteroatoms. The van der Waals surface area contributed by atoms with Crippen molar-refractivity contribution in [3.05, 3.63) is 41.0 Å². The van der Waals surface area contributed by atoms with E-state index >= 15 is 0 Å². The van der Waals surface area contributed by atoms with E-state index in [2.05, 4.69) is 29.2 Å². The van der Waals surface area contributed by atoms with Crippen LogP contribution in [0.2, 0.25) is 0 Å². The molecule has 2 nitrogen and oxygen atoms in total. The Morgan fingerprint density at radius 2 is 1.94 bits per heavy atom. The molecule has 2 rings (SSSR count). The highest BCUT2D eigenvalue weighted by Gasteiger charge is 2.03. The van der Waals surface area contributed by atoms with E-state index in [0.29, 0.717) is 6.54 Å². The number of hydrogen-bond donors (Lipinski definition) is 1. The molecule has 0 unspecified atom stereocenters. The van der Waals surface area contributed by atoms with Crippen molar-refractivity contribution in [1.29, 1.82) is 0 Å². The maximum atomic E-state index is 5.51. The molecule has 2 aromatic rings. The van der Waals surface area contributed by atoms with Gasteiger partial charge in [-0.15, -0.1) is 23.7 Å². The first kappa shape index (κ1) is 13.2. The Kier molecular flexibility index (Phi) is 4.93. The molecule has 0 aliphatic carbocycles. The fourth-order valence-corrected chi connectivity index (χ4v) is 2.38. The maximum Gasteiger partial charge on any atom is 0.0801 e. The van der Waals surface area contributed by atoms with E-state index in [1.165, 1.54) is 16.0 Å². The van der Waals surface area contributed by atoms with Gasteiger partial charge in [0, 0.05) is 0 Å². The molecule has 0 amide bonds. The molecule has 0 aliphatic rings. The fraction of sp³-hybridized carbons (Fsp3) is 0.250. The van der Waals surface area contributed by atoms with Crippen molar-refractivity contribution >= 4 is 23.7 Å². The van der Waals surface area contributed by atoms with Crippen molar-refractivity contribution in [2.45, 2.75) is 13.3 Å². The first-order valence-corrected chi connectivity index (χ1v) is 5.88. The van der Waals surface area contributed by atoms with Crippen molar-refractivity contribution in [2.24, 2.45) is 5.73 Å². The molecular weight excluding hydrogens is 240 g/mol. The number of aromatic nitrogens is 1. The van der Waals surface area contributed by atoms with E-state index < -0.39 is 0 Å². The largest absolute Gasteiger partial charge is 0.330 e. The summed E-state index contributed by atoms with van der Waals surface area (Å²) in [6, 6.07) is 8.57. The van der Waals surface area contributed by atoms with Gasteiger partial charge in [-0.2, -0.15) is 0 Å². The minimum atomic E-state index is 0. The van der Waals surface area contributed by atoms with Crippen LogP contribution in [-0.2, 0) is 6.42 Å². The molecule has 0 fully saturated rings. The molecule has 0 aliphatic heterocycles. The molecule has 1 aromatic carbocycles. The minimum Gasteiger partial charge on any atom is -0.330 e. The first-order chi connectivity index (χ1) is 7.31. The van der Waals surface area contributed by atoms with Crippen LogP contribution >= 0.6 is 23.7 Å². The molecule has 1 aromatic heterocycles. The second-order valence-corrected chi connectivity index (χ2v) is 4.36. The lowest BCUT2D eigenvalue weighted by Gasteiger charge is -2.01. The molecule has 86 valence electrons. The molecule has 0 bridgehead atoms. The monoisotopic (exact) mass is 254 g/mol. The highest BCUT2D eigenvalue weighted by atomic mass is 35.5. The average molecular weight is 255 g/mol. The van der Waals surface area contributed by atoms with Crippen LogP contribution in [0.25, 0.3) is 10.4 Å². The second-order valence-electron chi connectivity index (χ2n) is 3.50. The molecule has 0 atom stereocenters. The van der Waals surface area contributed by atoms with Gasteiger partial charge in [-0.1, -0.05) is 24.3 Å². The summed E-state index contributed by atoms with van der Waals surface area (Å²) in [6.45, 7) is 2.75. The van der Waals surface area contributed by atoms with Crippen LogP contribution in [0.3, 0.4) is 0 Å². The van der Waals surface area contributed by atoms with E-state index in [9.17, 15) is 0 Å². The van der Waals surface area contributed by atoms with Crippen LogP contribution in [0.5, 0.6) is 0 Å². The normalized spacial score (nSPS) is 9.88. The number of rotatable bonds is 3. The molecule has 0 saturated carbocycles. The SMILES string of the molecule is Cc1ncsc1-c1ccc(CCN)cc1.Cl. The minimum absolute atomic E-state index is 0. The van der Waals surface area contributed by atoms with Gasteiger partial charge in [0.1, 0.15) is 0 Å². The lowest BCUT2D eigenvalue weighted by Crippen LogP contribution is -2.02. The van der Waals surface area contributed by atoms with Crippen LogP contribution in [0.1, 0.15) is 11.3 Å². The number of nitrogens with two attached hydrogens (primary N) is 1. The first-order valence-electron chi connectivity index (χ1n) is 5.00. The predicted molar refractivity (Wildman–Crippen MR) is 72.3 cm³/mol. The lowest BCUT2D eigenvalue weighted by molar-refractivity contribution is 0.969. The number of nitrogens with zero attached hydrogens (tertiary/aromatic N) is 1. The lowest BCUT2D eigenvalue weighted by atomic mass is 10.1. The van der Waals surface area contributed by atoms with Gasteiger partial charge < -0.3 is 5.73 Å². The Labute approximate surface area is 106 Å². The Morgan fingerprint density at radius 1 is 1.25 bits per heavy atom. The van der Waals surface area contributed by atoms with E-state index in [1.807, 2.05) is 12.4 Å². The van der Waals surface area contributed by atoms with E-state index in [1.54, 1.807) is 11.3 Å². The van der Waals surface area contributed by atoms with Crippen molar-refractivity contribution in [1.82, 2.24) is 4.98 Å². The summed E-state index contributed by atoms with van der Waals surface area (Å²) in [6.07, 6.45) is 0.946. The fourth-order valence-electron chi connectivity index (χ4n) is 1.57. The second kappa shape index (κ2) is 5.99. The Hall–Kier alpha value is -0.900. The van der Waals surface area contributed by atoms with E-state index in [-0.39, 0.29) is 12.4 Å². The molecule has 0 radical (unpaired) electrons. The highest BCUT2D eigenvalue weighted by Crippen LogP contribution is 2.27. The van der Waals surface area contributed by atoms with Gasteiger partial charge in [-0.05, 0) is 31.0 Å². The highest BCUT2D eigenvalue weighted by molar-refractivity contribution is 7.13. The van der Waals surface area contributed by atoms with Crippen LogP contribution in [0.4, 0.5) is 0 Å². The van der Waals surface area contributed by atoms with E-state index in [4.69, 9.17) is 5.73 Å². The van der Waals surface area contributed by atoms with Crippen molar-refractivity contribution in [3.8, 4) is 10.4 Å². The Morgan fingerprint density at radius 3 is 2.44 bits per heavy atom. The summed E-state index contributed by atoms with van der Waals surface area (Å²) in [4.78, 5) is 5.51. The quantitative estimate of drug-likeness (QED) is 0.915. The van der Waals surface area contributed by atoms with Crippen molar-refractivity contribution < 1.29 is 0 Å². The number of benzene rings is 1.